The molecule has 0 aliphatic carbocycles. The lowest BCUT2D eigenvalue weighted by molar-refractivity contribution is 0.470. The number of benzene rings is 4. The average molecular weight is 447 g/mol. The number of hydrogen-bond acceptors (Lipinski definition) is 4. The molecule has 1 N–H and O–H groups in total. The number of ether oxygens (including phenoxy) is 2. The maximum absolute atomic E-state index is 11.4. The zero-order chi connectivity index (χ0) is 22.7. The van der Waals surface area contributed by atoms with Crippen LogP contribution in [-0.2, 0) is 10.1 Å². The van der Waals surface area contributed by atoms with Crippen molar-refractivity contribution in [1.29, 1.82) is 0 Å². The predicted molar refractivity (Wildman–Crippen MR) is 124 cm³/mol. The maximum Gasteiger partial charge on any atom is 0.294 e. The van der Waals surface area contributed by atoms with Gasteiger partial charge < -0.3 is 9.47 Å². The van der Waals surface area contributed by atoms with E-state index in [1.165, 1.54) is 12.1 Å². The van der Waals surface area contributed by atoms with Gasteiger partial charge in [-0.15, -0.1) is 0 Å². The molecule has 4 rings (SSSR count). The van der Waals surface area contributed by atoms with E-state index in [1.807, 2.05) is 80.6 Å². The van der Waals surface area contributed by atoms with E-state index in [-0.39, 0.29) is 4.90 Å². The molecule has 0 unspecified atom stereocenters. The second-order valence-corrected chi connectivity index (χ2v) is 8.91. The first-order valence-electron chi connectivity index (χ1n) is 9.99. The topological polar surface area (TPSA) is 72.8 Å². The molecule has 0 saturated heterocycles. The van der Waals surface area contributed by atoms with E-state index in [0.717, 1.165) is 16.7 Å². The van der Waals surface area contributed by atoms with Gasteiger partial charge in [-0.05, 0) is 74.0 Å². The van der Waals surface area contributed by atoms with E-state index in [0.29, 0.717) is 28.6 Å². The molecule has 32 heavy (non-hydrogen) atoms. The van der Waals surface area contributed by atoms with Crippen LogP contribution in [0.15, 0.2) is 95.9 Å². The van der Waals surface area contributed by atoms with Crippen molar-refractivity contribution in [2.75, 3.05) is 0 Å². The zero-order valence-corrected chi connectivity index (χ0v) is 18.5. The lowest BCUT2D eigenvalue weighted by atomic mass is 10.0. The van der Waals surface area contributed by atoms with Crippen LogP contribution in [-0.4, -0.2) is 13.0 Å². The van der Waals surface area contributed by atoms with Crippen LogP contribution in [0.4, 0.5) is 0 Å². The van der Waals surface area contributed by atoms with Crippen molar-refractivity contribution in [1.82, 2.24) is 0 Å². The third kappa shape index (κ3) is 5.17. The van der Waals surface area contributed by atoms with Crippen LogP contribution in [0, 0.1) is 13.8 Å². The average Bonchev–Trinajstić information content (AvgIpc) is 2.77. The normalized spacial score (nSPS) is 11.2. The van der Waals surface area contributed by atoms with Gasteiger partial charge in [-0.1, -0.05) is 47.5 Å². The summed E-state index contributed by atoms with van der Waals surface area (Å²) < 4.78 is 44.2. The van der Waals surface area contributed by atoms with Gasteiger partial charge in [0.05, 0.1) is 4.90 Å². The molecule has 0 spiro atoms. The summed E-state index contributed by atoms with van der Waals surface area (Å²) in [5.41, 5.74) is 3.70. The van der Waals surface area contributed by atoms with Crippen molar-refractivity contribution in [3.63, 3.8) is 0 Å². The van der Waals surface area contributed by atoms with Crippen molar-refractivity contribution in [3.05, 3.63) is 102 Å². The molecule has 0 heterocycles. The van der Waals surface area contributed by atoms with Crippen LogP contribution in [0.3, 0.4) is 0 Å². The Balaban J connectivity index is 1.73. The van der Waals surface area contributed by atoms with E-state index in [9.17, 15) is 13.0 Å². The highest BCUT2D eigenvalue weighted by Crippen LogP contribution is 2.38. The molecule has 4 aromatic carbocycles. The van der Waals surface area contributed by atoms with E-state index in [2.05, 4.69) is 0 Å². The summed E-state index contributed by atoms with van der Waals surface area (Å²) in [7, 11) is -4.27. The lowest BCUT2D eigenvalue weighted by Crippen LogP contribution is -1.97. The Labute approximate surface area is 187 Å². The highest BCUT2D eigenvalue weighted by molar-refractivity contribution is 7.85. The Morgan fingerprint density at radius 3 is 1.66 bits per heavy atom. The number of rotatable bonds is 6. The van der Waals surface area contributed by atoms with Crippen molar-refractivity contribution >= 4 is 10.1 Å². The Kier molecular flexibility index (Phi) is 5.99. The standard InChI is InChI=1S/C26H22O5S/c1-18-3-9-21(10-4-18)30-23-13-16-26(31-22-11-5-19(2)6-12-22)25(17-23)20-7-14-24(15-8-20)32(27,28)29/h3-17H,1-2H3,(H,27,28,29). The monoisotopic (exact) mass is 446 g/mol. The summed E-state index contributed by atoms with van der Waals surface area (Å²) in [6, 6.07) is 26.9. The molecule has 0 radical (unpaired) electrons. The van der Waals surface area contributed by atoms with E-state index in [1.54, 1.807) is 12.1 Å². The molecular weight excluding hydrogens is 424 g/mol. The van der Waals surface area contributed by atoms with E-state index in [4.69, 9.17) is 9.47 Å². The third-order valence-electron chi connectivity index (χ3n) is 4.92. The van der Waals surface area contributed by atoms with Crippen LogP contribution >= 0.6 is 0 Å². The Bertz CT molecular complexity index is 1320. The smallest absolute Gasteiger partial charge is 0.294 e. The Morgan fingerprint density at radius 2 is 1.12 bits per heavy atom. The van der Waals surface area contributed by atoms with Crippen LogP contribution in [0.2, 0.25) is 0 Å². The van der Waals surface area contributed by atoms with Gasteiger partial charge in [-0.25, -0.2) is 0 Å². The molecule has 0 aliphatic heterocycles. The fourth-order valence-electron chi connectivity index (χ4n) is 3.17. The summed E-state index contributed by atoms with van der Waals surface area (Å²) in [5.74, 6) is 2.58. The molecule has 0 aromatic heterocycles. The fourth-order valence-corrected chi connectivity index (χ4v) is 3.65. The van der Waals surface area contributed by atoms with E-state index < -0.39 is 10.1 Å². The molecule has 0 fully saturated rings. The molecule has 162 valence electrons. The van der Waals surface area contributed by atoms with E-state index >= 15 is 0 Å². The summed E-state index contributed by atoms with van der Waals surface area (Å²) in [6.07, 6.45) is 0. The highest BCUT2D eigenvalue weighted by Gasteiger charge is 2.13. The van der Waals surface area contributed by atoms with Gasteiger partial charge in [0.25, 0.3) is 10.1 Å². The predicted octanol–water partition coefficient (Wildman–Crippen LogP) is 6.80. The minimum Gasteiger partial charge on any atom is -0.457 e. The molecule has 0 bridgehead atoms. The quantitative estimate of drug-likeness (QED) is 0.330. The SMILES string of the molecule is Cc1ccc(Oc2ccc(Oc3ccc(C)cc3)c(-c3ccc(S(=O)(=O)O)cc3)c2)cc1. The Hall–Kier alpha value is -3.61. The minimum absolute atomic E-state index is 0.172. The summed E-state index contributed by atoms with van der Waals surface area (Å²) >= 11 is 0. The van der Waals surface area contributed by atoms with Gasteiger partial charge in [-0.2, -0.15) is 8.42 Å². The maximum atomic E-state index is 11.4. The molecule has 6 heteroatoms. The highest BCUT2D eigenvalue weighted by atomic mass is 32.2. The molecule has 0 aliphatic rings. The minimum atomic E-state index is -4.27. The van der Waals surface area contributed by atoms with Gasteiger partial charge in [0.1, 0.15) is 23.0 Å². The van der Waals surface area contributed by atoms with Gasteiger partial charge in [0.2, 0.25) is 0 Å². The largest absolute Gasteiger partial charge is 0.457 e. The first kappa shape index (κ1) is 21.6. The van der Waals surface area contributed by atoms with Crippen LogP contribution in [0.5, 0.6) is 23.0 Å². The lowest BCUT2D eigenvalue weighted by Gasteiger charge is -2.14. The van der Waals surface area contributed by atoms with Crippen molar-refractivity contribution in [3.8, 4) is 34.1 Å². The van der Waals surface area contributed by atoms with Crippen LogP contribution < -0.4 is 9.47 Å². The molecule has 5 nitrogen and oxygen atoms in total. The molecule has 4 aromatic rings. The Morgan fingerprint density at radius 1 is 0.625 bits per heavy atom. The summed E-state index contributed by atoms with van der Waals surface area (Å²) in [6.45, 7) is 4.01. The van der Waals surface area contributed by atoms with Crippen LogP contribution in [0.25, 0.3) is 11.1 Å². The molecular formula is C26H22O5S. The fraction of sp³-hybridized carbons (Fsp3) is 0.0769. The van der Waals surface area contributed by atoms with Crippen LogP contribution in [0.1, 0.15) is 11.1 Å². The first-order valence-corrected chi connectivity index (χ1v) is 11.4. The van der Waals surface area contributed by atoms with Gasteiger partial charge in [-0.3, -0.25) is 4.55 Å². The van der Waals surface area contributed by atoms with Crippen molar-refractivity contribution in [2.24, 2.45) is 0 Å². The second kappa shape index (κ2) is 8.86. The number of hydrogen-bond donors (Lipinski definition) is 1. The first-order chi connectivity index (χ1) is 15.3. The second-order valence-electron chi connectivity index (χ2n) is 7.49. The molecule has 0 atom stereocenters. The molecule has 0 amide bonds. The zero-order valence-electron chi connectivity index (χ0n) is 17.6. The van der Waals surface area contributed by atoms with Gasteiger partial charge >= 0.3 is 0 Å². The van der Waals surface area contributed by atoms with Crippen molar-refractivity contribution in [2.45, 2.75) is 18.7 Å². The van der Waals surface area contributed by atoms with Crippen molar-refractivity contribution < 1.29 is 22.4 Å². The summed E-state index contributed by atoms with van der Waals surface area (Å²) in [4.78, 5) is -0.172. The summed E-state index contributed by atoms with van der Waals surface area (Å²) in [5, 5.41) is 0. The third-order valence-corrected chi connectivity index (χ3v) is 5.79. The number of aryl methyl sites for hydroxylation is 2. The van der Waals surface area contributed by atoms with Gasteiger partial charge in [0.15, 0.2) is 0 Å². The van der Waals surface area contributed by atoms with Gasteiger partial charge in [0, 0.05) is 5.56 Å². The molecule has 0 saturated carbocycles.